The lowest BCUT2D eigenvalue weighted by molar-refractivity contribution is 0.0846. The van der Waals surface area contributed by atoms with Crippen molar-refractivity contribution in [3.05, 3.63) is 67.4 Å². The minimum Gasteiger partial charge on any atom is -0.267 e. The Morgan fingerprint density at radius 2 is 1.35 bits per heavy atom. The molecule has 2 aromatic rings. The molecule has 0 heterocycles. The second-order valence-corrected chi connectivity index (χ2v) is 5.94. The molecule has 0 bridgehead atoms. The van der Waals surface area contributed by atoms with Crippen LogP contribution in [-0.2, 0) is 0 Å². The smallest absolute Gasteiger partial charge is 0.267 e. The Balaban J connectivity index is 2.11. The highest BCUT2D eigenvalue weighted by Crippen LogP contribution is 2.24. The molecule has 0 aliphatic carbocycles. The Bertz CT molecular complexity index is 799. The van der Waals surface area contributed by atoms with Crippen LogP contribution < -0.4 is 10.9 Å². The van der Waals surface area contributed by atoms with Gasteiger partial charge in [0.05, 0.1) is 26.2 Å². The van der Waals surface area contributed by atoms with Crippen LogP contribution in [0.2, 0.25) is 20.1 Å². The average molecular weight is 396 g/mol. The molecule has 2 amide bonds. The van der Waals surface area contributed by atoms with E-state index in [0.717, 1.165) is 12.1 Å². The normalized spacial score (nSPS) is 10.3. The highest BCUT2D eigenvalue weighted by atomic mass is 35.5. The van der Waals surface area contributed by atoms with Gasteiger partial charge in [-0.2, -0.15) is 0 Å². The van der Waals surface area contributed by atoms with Crippen LogP contribution in [0, 0.1) is 5.82 Å². The third kappa shape index (κ3) is 4.26. The summed E-state index contributed by atoms with van der Waals surface area (Å²) in [5.74, 6) is -2.33. The summed E-state index contributed by atoms with van der Waals surface area (Å²) >= 11 is 23.0. The van der Waals surface area contributed by atoms with Crippen molar-refractivity contribution in [2.24, 2.45) is 0 Å². The van der Waals surface area contributed by atoms with Gasteiger partial charge >= 0.3 is 0 Å². The first-order valence-corrected chi connectivity index (χ1v) is 7.51. The van der Waals surface area contributed by atoms with Gasteiger partial charge in [0.15, 0.2) is 0 Å². The van der Waals surface area contributed by atoms with E-state index in [1.54, 1.807) is 0 Å². The number of hydrazine groups is 1. The molecule has 9 heteroatoms. The first-order chi connectivity index (χ1) is 10.8. The van der Waals surface area contributed by atoms with E-state index in [-0.39, 0.29) is 26.2 Å². The van der Waals surface area contributed by atoms with Gasteiger partial charge in [-0.15, -0.1) is 0 Å². The maximum Gasteiger partial charge on any atom is 0.271 e. The van der Waals surface area contributed by atoms with Crippen molar-refractivity contribution >= 4 is 58.2 Å². The number of hydrogen-bond acceptors (Lipinski definition) is 2. The molecule has 0 saturated carbocycles. The van der Waals surface area contributed by atoms with Crippen LogP contribution in [0.25, 0.3) is 0 Å². The van der Waals surface area contributed by atoms with Gasteiger partial charge in [0.1, 0.15) is 5.82 Å². The van der Waals surface area contributed by atoms with Gasteiger partial charge in [0, 0.05) is 5.02 Å². The number of halogens is 5. The molecule has 2 aromatic carbocycles. The molecule has 23 heavy (non-hydrogen) atoms. The Kier molecular flexibility index (Phi) is 5.70. The van der Waals surface area contributed by atoms with Crippen molar-refractivity contribution < 1.29 is 14.0 Å². The molecule has 0 aromatic heterocycles. The van der Waals surface area contributed by atoms with E-state index >= 15 is 0 Å². The van der Waals surface area contributed by atoms with E-state index < -0.39 is 17.6 Å². The Morgan fingerprint density at radius 3 is 1.96 bits per heavy atom. The van der Waals surface area contributed by atoms with Crippen LogP contribution in [0.4, 0.5) is 4.39 Å². The van der Waals surface area contributed by atoms with Crippen molar-refractivity contribution in [1.82, 2.24) is 10.9 Å². The van der Waals surface area contributed by atoms with E-state index in [2.05, 4.69) is 10.9 Å². The predicted octanol–water partition coefficient (Wildman–Crippen LogP) is 4.51. The zero-order chi connectivity index (χ0) is 17.1. The summed E-state index contributed by atoms with van der Waals surface area (Å²) in [6.45, 7) is 0. The van der Waals surface area contributed by atoms with Gasteiger partial charge in [0.25, 0.3) is 11.8 Å². The molecule has 2 rings (SSSR count). The SMILES string of the molecule is O=C(NNC(=O)c1cc(F)c(Cl)cc1Cl)c1cc(Cl)ccc1Cl. The molecule has 0 spiro atoms. The summed E-state index contributed by atoms with van der Waals surface area (Å²) in [6, 6.07) is 6.23. The Labute approximate surface area is 150 Å². The van der Waals surface area contributed by atoms with Gasteiger partial charge in [-0.3, -0.25) is 20.4 Å². The molecule has 0 aliphatic heterocycles. The third-order valence-electron chi connectivity index (χ3n) is 2.72. The number of carbonyl (C=O) groups is 2. The molecule has 120 valence electrons. The lowest BCUT2D eigenvalue weighted by atomic mass is 10.2. The number of rotatable bonds is 2. The van der Waals surface area contributed by atoms with Gasteiger partial charge in [0.2, 0.25) is 0 Å². The van der Waals surface area contributed by atoms with Gasteiger partial charge in [-0.1, -0.05) is 46.4 Å². The fourth-order valence-corrected chi connectivity index (χ4v) is 2.46. The van der Waals surface area contributed by atoms with E-state index in [9.17, 15) is 14.0 Å². The highest BCUT2D eigenvalue weighted by molar-refractivity contribution is 6.37. The van der Waals surface area contributed by atoms with Gasteiger partial charge in [-0.25, -0.2) is 4.39 Å². The largest absolute Gasteiger partial charge is 0.271 e. The number of hydrogen-bond donors (Lipinski definition) is 2. The maximum atomic E-state index is 13.4. The Hall–Kier alpha value is -1.53. The predicted molar refractivity (Wildman–Crippen MR) is 87.8 cm³/mol. The zero-order valence-corrected chi connectivity index (χ0v) is 14.1. The van der Waals surface area contributed by atoms with Crippen LogP contribution >= 0.6 is 46.4 Å². The van der Waals surface area contributed by atoms with Crippen molar-refractivity contribution in [3.63, 3.8) is 0 Å². The van der Waals surface area contributed by atoms with E-state index in [1.807, 2.05) is 0 Å². The van der Waals surface area contributed by atoms with Gasteiger partial charge < -0.3 is 0 Å². The summed E-state index contributed by atoms with van der Waals surface area (Å²) in [6.07, 6.45) is 0. The number of amides is 2. The fourth-order valence-electron chi connectivity index (χ4n) is 1.62. The van der Waals surface area contributed by atoms with Crippen LogP contribution in [0.3, 0.4) is 0 Å². The minimum atomic E-state index is -0.822. The topological polar surface area (TPSA) is 58.2 Å². The molecule has 2 N–H and O–H groups in total. The van der Waals surface area contributed by atoms with Crippen LogP contribution in [0.15, 0.2) is 30.3 Å². The molecule has 0 fully saturated rings. The number of nitrogens with one attached hydrogen (secondary N) is 2. The quantitative estimate of drug-likeness (QED) is 0.580. The molecular formula is C14H7Cl4FN2O2. The maximum absolute atomic E-state index is 13.4. The first-order valence-electron chi connectivity index (χ1n) is 6.00. The van der Waals surface area contributed by atoms with Crippen molar-refractivity contribution in [3.8, 4) is 0 Å². The Morgan fingerprint density at radius 1 is 0.783 bits per heavy atom. The van der Waals surface area contributed by atoms with Crippen molar-refractivity contribution in [2.45, 2.75) is 0 Å². The number of benzene rings is 2. The second kappa shape index (κ2) is 7.36. The fraction of sp³-hybridized carbons (Fsp3) is 0. The summed E-state index contributed by atoms with van der Waals surface area (Å²) in [4.78, 5) is 23.9. The molecule has 0 saturated heterocycles. The standard InChI is InChI=1S/C14H7Cl4FN2O2/c15-6-1-2-9(16)7(3-6)13(22)20-21-14(23)8-4-12(19)11(18)5-10(8)17/h1-5H,(H,20,22)(H,21,23). The average Bonchev–Trinajstić information content (AvgIpc) is 2.50. The summed E-state index contributed by atoms with van der Waals surface area (Å²) in [5, 5.41) is 0.163. The van der Waals surface area contributed by atoms with Crippen molar-refractivity contribution in [2.75, 3.05) is 0 Å². The highest BCUT2D eigenvalue weighted by Gasteiger charge is 2.16. The zero-order valence-electron chi connectivity index (χ0n) is 11.1. The van der Waals surface area contributed by atoms with E-state index in [0.29, 0.717) is 5.02 Å². The summed E-state index contributed by atoms with van der Waals surface area (Å²) < 4.78 is 13.4. The van der Waals surface area contributed by atoms with E-state index in [1.165, 1.54) is 18.2 Å². The summed E-state index contributed by atoms with van der Waals surface area (Å²) in [7, 11) is 0. The molecule has 0 unspecified atom stereocenters. The lowest BCUT2D eigenvalue weighted by Crippen LogP contribution is -2.41. The van der Waals surface area contributed by atoms with Crippen LogP contribution in [0.1, 0.15) is 20.7 Å². The van der Waals surface area contributed by atoms with Crippen LogP contribution in [-0.4, -0.2) is 11.8 Å². The monoisotopic (exact) mass is 394 g/mol. The second-order valence-electron chi connectivity index (χ2n) is 4.28. The molecule has 0 atom stereocenters. The van der Waals surface area contributed by atoms with Gasteiger partial charge in [-0.05, 0) is 30.3 Å². The molecule has 4 nitrogen and oxygen atoms in total. The summed E-state index contributed by atoms with van der Waals surface area (Å²) in [5.41, 5.74) is 4.10. The van der Waals surface area contributed by atoms with Crippen molar-refractivity contribution in [1.29, 1.82) is 0 Å². The third-order valence-corrected chi connectivity index (χ3v) is 3.88. The van der Waals surface area contributed by atoms with E-state index in [4.69, 9.17) is 46.4 Å². The molecule has 0 radical (unpaired) electrons. The first kappa shape index (κ1) is 17.8. The number of carbonyl (C=O) groups excluding carboxylic acids is 2. The molecule has 0 aliphatic rings. The van der Waals surface area contributed by atoms with Crippen LogP contribution in [0.5, 0.6) is 0 Å². The lowest BCUT2D eigenvalue weighted by Gasteiger charge is -2.10. The molecular weight excluding hydrogens is 389 g/mol. The minimum absolute atomic E-state index is 0.0628.